The van der Waals surface area contributed by atoms with Crippen LogP contribution >= 0.6 is 0 Å². The molecule has 1 N–H and O–H groups in total. The minimum absolute atomic E-state index is 0.158. The van der Waals surface area contributed by atoms with Gasteiger partial charge in [-0.2, -0.15) is 0 Å². The van der Waals surface area contributed by atoms with Gasteiger partial charge in [0.2, 0.25) is 5.91 Å². The predicted octanol–water partition coefficient (Wildman–Crippen LogP) is 3.20. The summed E-state index contributed by atoms with van der Waals surface area (Å²) in [7, 11) is 0. The zero-order valence-corrected chi connectivity index (χ0v) is 18.2. The highest BCUT2D eigenvalue weighted by Gasteiger charge is 2.31. The first-order chi connectivity index (χ1) is 16.1. The molecular weight excluding hydrogens is 455 g/mol. The number of hydrogen-bond donors (Lipinski definition) is 1. The fraction of sp³-hybridized carbons (Fsp3) is 0.318. The molecule has 3 aromatic rings. The predicted molar refractivity (Wildman–Crippen MR) is 115 cm³/mol. The topological polar surface area (TPSA) is 108 Å². The smallest absolute Gasteiger partial charge is 0.406 e. The van der Waals surface area contributed by atoms with Crippen molar-refractivity contribution >= 4 is 17.4 Å². The zero-order chi connectivity index (χ0) is 24.7. The molecule has 2 aromatic heterocycles. The maximum absolute atomic E-state index is 12.3. The van der Waals surface area contributed by atoms with Crippen LogP contribution in [0, 0.1) is 0 Å². The van der Waals surface area contributed by atoms with Crippen LogP contribution in [-0.4, -0.2) is 37.6 Å². The first kappa shape index (κ1) is 24.7. The number of unbranched alkanes of at least 4 members (excludes halogenated alkanes) is 1. The Labute approximate surface area is 192 Å². The van der Waals surface area contributed by atoms with Crippen molar-refractivity contribution in [2.75, 3.05) is 5.32 Å². The second kappa shape index (κ2) is 10.8. The number of aryl methyl sites for hydroxylation is 2. The lowest BCUT2D eigenvalue weighted by Crippen LogP contribution is -2.21. The van der Waals surface area contributed by atoms with Crippen LogP contribution in [0.3, 0.4) is 0 Å². The number of rotatable bonds is 10. The molecule has 2 heterocycles. The van der Waals surface area contributed by atoms with Crippen molar-refractivity contribution in [1.82, 2.24) is 19.6 Å². The highest BCUT2D eigenvalue weighted by Crippen LogP contribution is 2.23. The van der Waals surface area contributed by atoms with Crippen molar-refractivity contribution in [2.45, 2.75) is 45.6 Å². The van der Waals surface area contributed by atoms with Gasteiger partial charge in [-0.05, 0) is 36.6 Å². The molecule has 1 aromatic carbocycles. The molecule has 34 heavy (non-hydrogen) atoms. The second-order valence-corrected chi connectivity index (χ2v) is 7.50. The summed E-state index contributed by atoms with van der Waals surface area (Å²) < 4.78 is 44.0. The van der Waals surface area contributed by atoms with E-state index in [2.05, 4.69) is 20.4 Å². The molecule has 0 bridgehead atoms. The van der Waals surface area contributed by atoms with E-state index < -0.39 is 18.0 Å². The molecule has 0 radical (unpaired) electrons. The third kappa shape index (κ3) is 7.57. The fourth-order valence-electron chi connectivity index (χ4n) is 3.14. The molecule has 0 atom stereocenters. The van der Waals surface area contributed by atoms with Gasteiger partial charge in [-0.1, -0.05) is 17.3 Å². The molecular formula is C22H22F3N5O4. The van der Waals surface area contributed by atoms with E-state index in [-0.39, 0.29) is 23.5 Å². The van der Waals surface area contributed by atoms with Crippen molar-refractivity contribution in [3.63, 3.8) is 0 Å². The lowest BCUT2D eigenvalue weighted by atomic mass is 10.1. The SMILES string of the molecule is CC(=O)c1cn(CCCCn2ccc(NC(=O)Cc3cccc(OC(F)(F)F)c3)cc2=O)nn1. The molecule has 0 aliphatic carbocycles. The summed E-state index contributed by atoms with van der Waals surface area (Å²) >= 11 is 0. The molecule has 0 aliphatic heterocycles. The van der Waals surface area contributed by atoms with Gasteiger partial charge in [0.05, 0.1) is 12.6 Å². The van der Waals surface area contributed by atoms with Gasteiger partial charge >= 0.3 is 6.36 Å². The normalized spacial score (nSPS) is 11.3. The van der Waals surface area contributed by atoms with Gasteiger partial charge < -0.3 is 14.6 Å². The summed E-state index contributed by atoms with van der Waals surface area (Å²) in [4.78, 5) is 35.8. The first-order valence-corrected chi connectivity index (χ1v) is 10.4. The number of Topliss-reactive ketones (excluding diaryl/α,β-unsaturated/α-hetero) is 1. The van der Waals surface area contributed by atoms with Gasteiger partial charge in [0.1, 0.15) is 11.4 Å². The van der Waals surface area contributed by atoms with Crippen molar-refractivity contribution in [3.8, 4) is 5.75 Å². The lowest BCUT2D eigenvalue weighted by molar-refractivity contribution is -0.274. The highest BCUT2D eigenvalue weighted by atomic mass is 19.4. The van der Waals surface area contributed by atoms with Crippen LogP contribution in [0.15, 0.2) is 53.6 Å². The van der Waals surface area contributed by atoms with E-state index in [4.69, 9.17) is 0 Å². The largest absolute Gasteiger partial charge is 0.573 e. The monoisotopic (exact) mass is 477 g/mol. The molecule has 0 aliphatic rings. The van der Waals surface area contributed by atoms with E-state index in [1.807, 2.05) is 0 Å². The molecule has 0 fully saturated rings. The summed E-state index contributed by atoms with van der Waals surface area (Å²) in [6, 6.07) is 7.98. The van der Waals surface area contributed by atoms with Gasteiger partial charge in [-0.15, -0.1) is 18.3 Å². The number of carbonyl (C=O) groups is 2. The van der Waals surface area contributed by atoms with E-state index in [0.717, 1.165) is 12.1 Å². The Morgan fingerprint density at radius 2 is 1.88 bits per heavy atom. The summed E-state index contributed by atoms with van der Waals surface area (Å²) in [5, 5.41) is 10.2. The van der Waals surface area contributed by atoms with Crippen LogP contribution in [0.1, 0.15) is 35.8 Å². The number of hydrogen-bond acceptors (Lipinski definition) is 6. The number of ketones is 1. The summed E-state index contributed by atoms with van der Waals surface area (Å²) in [6.07, 6.45) is -0.489. The molecule has 0 saturated heterocycles. The van der Waals surface area contributed by atoms with Gasteiger partial charge in [0.15, 0.2) is 5.78 Å². The quantitative estimate of drug-likeness (QED) is 0.355. The summed E-state index contributed by atoms with van der Waals surface area (Å²) in [5.41, 5.74) is 0.609. The number of nitrogens with zero attached hydrogens (tertiary/aromatic N) is 4. The van der Waals surface area contributed by atoms with Gasteiger partial charge in [-0.3, -0.25) is 19.1 Å². The Hall–Kier alpha value is -3.96. The Bertz CT molecular complexity index is 1220. The average molecular weight is 477 g/mol. The number of halogens is 3. The van der Waals surface area contributed by atoms with Crippen molar-refractivity contribution < 1.29 is 27.5 Å². The van der Waals surface area contributed by atoms with E-state index in [1.54, 1.807) is 23.1 Å². The number of amides is 1. The van der Waals surface area contributed by atoms with Crippen LogP contribution in [0.25, 0.3) is 0 Å². The lowest BCUT2D eigenvalue weighted by Gasteiger charge is -2.11. The third-order valence-corrected chi connectivity index (χ3v) is 4.71. The Morgan fingerprint density at radius 3 is 2.56 bits per heavy atom. The number of aromatic nitrogens is 4. The van der Waals surface area contributed by atoms with Crippen LogP contribution in [0.2, 0.25) is 0 Å². The van der Waals surface area contributed by atoms with Gasteiger partial charge in [0.25, 0.3) is 5.56 Å². The molecule has 1 amide bonds. The maximum atomic E-state index is 12.3. The number of anilines is 1. The minimum Gasteiger partial charge on any atom is -0.406 e. The molecule has 0 unspecified atom stereocenters. The van der Waals surface area contributed by atoms with Crippen molar-refractivity contribution in [2.24, 2.45) is 0 Å². The van der Waals surface area contributed by atoms with Crippen LogP contribution in [0.5, 0.6) is 5.75 Å². The molecule has 180 valence electrons. The number of pyridine rings is 1. The van der Waals surface area contributed by atoms with Crippen molar-refractivity contribution in [3.05, 3.63) is 70.4 Å². The molecule has 12 heteroatoms. The molecule has 0 saturated carbocycles. The summed E-state index contributed by atoms with van der Waals surface area (Å²) in [5.74, 6) is -1.06. The van der Waals surface area contributed by atoms with Gasteiger partial charge in [-0.25, -0.2) is 0 Å². The minimum atomic E-state index is -4.82. The Balaban J connectivity index is 1.48. The Kier molecular flexibility index (Phi) is 7.82. The highest BCUT2D eigenvalue weighted by molar-refractivity contribution is 5.92. The maximum Gasteiger partial charge on any atom is 0.573 e. The second-order valence-electron chi connectivity index (χ2n) is 7.50. The van der Waals surface area contributed by atoms with E-state index in [9.17, 15) is 27.6 Å². The fourth-order valence-corrected chi connectivity index (χ4v) is 3.14. The standard InChI is InChI=1S/C22H22F3N5O4/c1-15(31)19-14-30(28-27-19)9-3-2-8-29-10-7-17(13-21(29)33)26-20(32)12-16-5-4-6-18(11-16)34-22(23,24)25/h4-7,10-11,13-14H,2-3,8-9,12H2,1H3,(H,26,32). The number of nitrogens with one attached hydrogen (secondary N) is 1. The number of benzene rings is 1. The van der Waals surface area contributed by atoms with E-state index >= 15 is 0 Å². The van der Waals surface area contributed by atoms with E-state index in [1.165, 1.54) is 29.7 Å². The molecule has 0 spiro atoms. The number of alkyl halides is 3. The zero-order valence-electron chi connectivity index (χ0n) is 18.2. The number of carbonyl (C=O) groups excluding carboxylic acids is 2. The van der Waals surface area contributed by atoms with Crippen molar-refractivity contribution in [1.29, 1.82) is 0 Å². The van der Waals surface area contributed by atoms with Gasteiger partial charge in [0, 0.05) is 38.0 Å². The molecule has 3 rings (SSSR count). The summed E-state index contributed by atoms with van der Waals surface area (Å²) in [6.45, 7) is 2.42. The third-order valence-electron chi connectivity index (χ3n) is 4.71. The van der Waals surface area contributed by atoms with E-state index in [0.29, 0.717) is 37.2 Å². The Morgan fingerprint density at radius 1 is 1.12 bits per heavy atom. The molecule has 9 nitrogen and oxygen atoms in total. The first-order valence-electron chi connectivity index (χ1n) is 10.4. The van der Waals surface area contributed by atoms with Crippen LogP contribution < -0.4 is 15.6 Å². The van der Waals surface area contributed by atoms with Crippen LogP contribution in [-0.2, 0) is 24.3 Å². The average Bonchev–Trinajstić information content (AvgIpc) is 3.21. The number of ether oxygens (including phenoxy) is 1. The van der Waals surface area contributed by atoms with Crippen LogP contribution in [0.4, 0.5) is 18.9 Å².